The second-order valence-electron chi connectivity index (χ2n) is 8.61. The van der Waals surface area contributed by atoms with Crippen molar-refractivity contribution in [3.05, 3.63) is 0 Å². The van der Waals surface area contributed by atoms with Crippen LogP contribution in [0.15, 0.2) is 0 Å². The molecule has 0 amide bonds. The number of hydrogen-bond acceptors (Lipinski definition) is 0. The van der Waals surface area contributed by atoms with Crippen molar-refractivity contribution >= 4 is 7.28 Å². The molecule has 0 bridgehead atoms. The highest BCUT2D eigenvalue weighted by Crippen LogP contribution is 2.47. The van der Waals surface area contributed by atoms with Crippen LogP contribution in [0.1, 0.15) is 81.6 Å². The van der Waals surface area contributed by atoms with E-state index in [9.17, 15) is 0 Å². The summed E-state index contributed by atoms with van der Waals surface area (Å²) in [5.41, 5.74) is 0.873. The molecule has 0 aromatic rings. The van der Waals surface area contributed by atoms with Gasteiger partial charge in [0.15, 0.2) is 0 Å². The Morgan fingerprint density at radius 1 is 0.944 bits per heavy atom. The molecule has 0 aromatic heterocycles. The lowest BCUT2D eigenvalue weighted by atomic mass is 9.42. The molecular formula is C17H36B. The van der Waals surface area contributed by atoms with Crippen molar-refractivity contribution in [1.82, 2.24) is 0 Å². The Morgan fingerprint density at radius 3 is 1.83 bits per heavy atom. The van der Waals surface area contributed by atoms with Crippen LogP contribution >= 0.6 is 0 Å². The van der Waals surface area contributed by atoms with E-state index in [0.29, 0.717) is 16.1 Å². The molecule has 0 aliphatic rings. The molecule has 1 radical (unpaired) electrons. The van der Waals surface area contributed by atoms with Gasteiger partial charge in [-0.25, -0.2) is 0 Å². The van der Waals surface area contributed by atoms with E-state index in [2.05, 4.69) is 69.6 Å². The van der Waals surface area contributed by atoms with Gasteiger partial charge in [-0.15, -0.1) is 0 Å². The molecule has 0 saturated heterocycles. The summed E-state index contributed by atoms with van der Waals surface area (Å²) in [5.74, 6) is 0.835. The van der Waals surface area contributed by atoms with Gasteiger partial charge in [0, 0.05) is 0 Å². The average Bonchev–Trinajstić information content (AvgIpc) is 2.14. The quantitative estimate of drug-likeness (QED) is 0.472. The van der Waals surface area contributed by atoms with Gasteiger partial charge in [0.25, 0.3) is 0 Å². The van der Waals surface area contributed by atoms with Crippen LogP contribution in [-0.4, -0.2) is 7.28 Å². The lowest BCUT2D eigenvalue weighted by Crippen LogP contribution is -2.31. The van der Waals surface area contributed by atoms with Crippen LogP contribution in [0.25, 0.3) is 0 Å². The predicted molar refractivity (Wildman–Crippen MR) is 86.5 cm³/mol. The fourth-order valence-electron chi connectivity index (χ4n) is 2.61. The summed E-state index contributed by atoms with van der Waals surface area (Å²) in [6.07, 6.45) is 5.17. The molecular weight excluding hydrogens is 215 g/mol. The first kappa shape index (κ1) is 18.1. The summed E-state index contributed by atoms with van der Waals surface area (Å²) in [4.78, 5) is 0. The fourth-order valence-corrected chi connectivity index (χ4v) is 2.61. The SMILES string of the molecule is CCC(C)(C)C(C)(C)[B]CC[C@H](C)CC(C)(C)C. The Hall–Kier alpha value is 0.0649. The molecule has 0 spiro atoms. The third-order valence-electron chi connectivity index (χ3n) is 4.90. The molecule has 0 saturated carbocycles. The predicted octanol–water partition coefficient (Wildman–Crippen LogP) is 6.21. The summed E-state index contributed by atoms with van der Waals surface area (Å²) >= 11 is 0. The second-order valence-corrected chi connectivity index (χ2v) is 8.61. The maximum absolute atomic E-state index is 2.57. The Kier molecular flexibility index (Phi) is 6.51. The summed E-state index contributed by atoms with van der Waals surface area (Å²) in [6, 6.07) is 0. The highest BCUT2D eigenvalue weighted by Gasteiger charge is 2.35. The molecule has 107 valence electrons. The maximum atomic E-state index is 2.57. The van der Waals surface area contributed by atoms with Crippen molar-refractivity contribution in [1.29, 1.82) is 0 Å². The number of rotatable bonds is 7. The summed E-state index contributed by atoms with van der Waals surface area (Å²) in [5, 5.41) is 0.337. The topological polar surface area (TPSA) is 0 Å². The van der Waals surface area contributed by atoms with E-state index in [4.69, 9.17) is 0 Å². The van der Waals surface area contributed by atoms with E-state index in [1.807, 2.05) is 0 Å². The molecule has 0 aliphatic carbocycles. The van der Waals surface area contributed by atoms with Gasteiger partial charge in [-0.2, -0.15) is 0 Å². The van der Waals surface area contributed by atoms with Gasteiger partial charge in [-0.05, 0) is 23.2 Å². The summed E-state index contributed by atoms with van der Waals surface area (Å²) in [6.45, 7) is 21.3. The van der Waals surface area contributed by atoms with Gasteiger partial charge in [-0.3, -0.25) is 0 Å². The van der Waals surface area contributed by atoms with Crippen LogP contribution in [0, 0.1) is 16.7 Å². The Labute approximate surface area is 118 Å². The van der Waals surface area contributed by atoms with Crippen LogP contribution in [0.2, 0.25) is 11.6 Å². The van der Waals surface area contributed by atoms with E-state index in [1.165, 1.54) is 25.6 Å². The molecule has 0 aromatic carbocycles. The molecule has 0 nitrogen and oxygen atoms in total. The van der Waals surface area contributed by atoms with Gasteiger partial charge in [0.2, 0.25) is 0 Å². The van der Waals surface area contributed by atoms with Crippen LogP contribution < -0.4 is 0 Å². The van der Waals surface area contributed by atoms with Crippen molar-refractivity contribution in [2.75, 3.05) is 0 Å². The first-order chi connectivity index (χ1) is 7.91. The highest BCUT2D eigenvalue weighted by atomic mass is 14.3. The highest BCUT2D eigenvalue weighted by molar-refractivity contribution is 6.40. The van der Waals surface area contributed by atoms with Crippen molar-refractivity contribution in [2.24, 2.45) is 16.7 Å². The lowest BCUT2D eigenvalue weighted by molar-refractivity contribution is 0.252. The smallest absolute Gasteiger partial charge is 0.0793 e. The van der Waals surface area contributed by atoms with Crippen molar-refractivity contribution in [2.45, 2.75) is 93.2 Å². The zero-order valence-electron chi connectivity index (χ0n) is 14.5. The van der Waals surface area contributed by atoms with Crippen LogP contribution in [0.5, 0.6) is 0 Å². The van der Waals surface area contributed by atoms with Crippen molar-refractivity contribution < 1.29 is 0 Å². The van der Waals surface area contributed by atoms with E-state index < -0.39 is 0 Å². The monoisotopic (exact) mass is 251 g/mol. The van der Waals surface area contributed by atoms with E-state index in [1.54, 1.807) is 0 Å². The Morgan fingerprint density at radius 2 is 1.44 bits per heavy atom. The van der Waals surface area contributed by atoms with E-state index in [0.717, 1.165) is 5.92 Å². The van der Waals surface area contributed by atoms with Gasteiger partial charge in [-0.1, -0.05) is 86.8 Å². The van der Waals surface area contributed by atoms with Crippen LogP contribution in [0.3, 0.4) is 0 Å². The van der Waals surface area contributed by atoms with Gasteiger partial charge >= 0.3 is 0 Å². The Bertz CT molecular complexity index is 232. The van der Waals surface area contributed by atoms with Crippen LogP contribution in [-0.2, 0) is 0 Å². The molecule has 0 rings (SSSR count). The molecule has 1 atom stereocenters. The average molecular weight is 251 g/mol. The zero-order valence-corrected chi connectivity index (χ0v) is 14.5. The first-order valence-electron chi connectivity index (χ1n) is 7.75. The van der Waals surface area contributed by atoms with E-state index in [-0.39, 0.29) is 0 Å². The van der Waals surface area contributed by atoms with E-state index >= 15 is 0 Å². The van der Waals surface area contributed by atoms with Crippen molar-refractivity contribution in [3.8, 4) is 0 Å². The molecule has 1 heteroatoms. The molecule has 0 heterocycles. The number of hydrogen-bond donors (Lipinski definition) is 0. The van der Waals surface area contributed by atoms with Gasteiger partial charge in [0.05, 0.1) is 0 Å². The zero-order chi connectivity index (χ0) is 14.6. The normalized spacial score (nSPS) is 15.6. The molecule has 0 N–H and O–H groups in total. The Balaban J connectivity index is 4.12. The minimum Gasteiger partial charge on any atom is -0.0793 e. The van der Waals surface area contributed by atoms with Crippen LogP contribution in [0.4, 0.5) is 0 Å². The van der Waals surface area contributed by atoms with Gasteiger partial charge < -0.3 is 0 Å². The third kappa shape index (κ3) is 6.30. The lowest BCUT2D eigenvalue weighted by Gasteiger charge is -2.41. The second kappa shape index (κ2) is 6.48. The largest absolute Gasteiger partial charge is 0.117 e. The molecule has 0 fully saturated rings. The molecule has 18 heavy (non-hydrogen) atoms. The summed E-state index contributed by atoms with van der Waals surface area (Å²) < 4.78 is 0. The minimum atomic E-state index is 0.337. The maximum Gasteiger partial charge on any atom is 0.117 e. The van der Waals surface area contributed by atoms with Gasteiger partial charge in [0.1, 0.15) is 7.28 Å². The third-order valence-corrected chi connectivity index (χ3v) is 4.90. The summed E-state index contributed by atoms with van der Waals surface area (Å²) in [7, 11) is 2.57. The molecule has 0 unspecified atom stereocenters. The minimum absolute atomic E-state index is 0.337. The van der Waals surface area contributed by atoms with Crippen molar-refractivity contribution in [3.63, 3.8) is 0 Å². The molecule has 0 aliphatic heterocycles. The fraction of sp³-hybridized carbons (Fsp3) is 1.00. The first-order valence-corrected chi connectivity index (χ1v) is 7.75. The standard InChI is InChI=1S/C17H36B/c1-10-16(6,7)17(8,9)18-12-11-14(2)13-15(3,4)5/h14H,10-13H2,1-9H3/t14-/m0/s1.